The van der Waals surface area contributed by atoms with Gasteiger partial charge in [-0.2, -0.15) is 5.10 Å². The summed E-state index contributed by atoms with van der Waals surface area (Å²) in [6, 6.07) is 0.222. The summed E-state index contributed by atoms with van der Waals surface area (Å²) < 4.78 is 1.67. The molecule has 1 saturated heterocycles. The van der Waals surface area contributed by atoms with Gasteiger partial charge in [0, 0.05) is 32.3 Å². The van der Waals surface area contributed by atoms with Crippen molar-refractivity contribution in [1.29, 1.82) is 0 Å². The van der Waals surface area contributed by atoms with Gasteiger partial charge in [-0.1, -0.05) is 0 Å². The molecule has 2 rings (SSSR count). The standard InChI is InChI=1S/C9H15N5O/c1-14-5-7(10)9(13-14)12-6-2-3-8(15)11-4-6/h5-6H,2-4,10H2,1H3,(H,11,15)(H,12,13). The summed E-state index contributed by atoms with van der Waals surface area (Å²) in [7, 11) is 1.82. The van der Waals surface area contributed by atoms with E-state index in [2.05, 4.69) is 15.7 Å². The highest BCUT2D eigenvalue weighted by atomic mass is 16.1. The van der Waals surface area contributed by atoms with Crippen molar-refractivity contribution in [3.8, 4) is 0 Å². The lowest BCUT2D eigenvalue weighted by Gasteiger charge is -2.23. The lowest BCUT2D eigenvalue weighted by atomic mass is 10.1. The average Bonchev–Trinajstić information content (AvgIpc) is 2.49. The molecule has 0 aliphatic carbocycles. The van der Waals surface area contributed by atoms with Crippen LogP contribution in [-0.4, -0.2) is 28.3 Å². The van der Waals surface area contributed by atoms with Crippen LogP contribution in [0.25, 0.3) is 0 Å². The first kappa shape index (κ1) is 9.82. The number of anilines is 2. The van der Waals surface area contributed by atoms with Crippen LogP contribution in [0.3, 0.4) is 0 Å². The summed E-state index contributed by atoms with van der Waals surface area (Å²) in [4.78, 5) is 10.9. The van der Waals surface area contributed by atoms with Gasteiger partial charge in [0.25, 0.3) is 0 Å². The van der Waals surface area contributed by atoms with E-state index in [1.807, 2.05) is 7.05 Å². The van der Waals surface area contributed by atoms with Crippen molar-refractivity contribution in [2.75, 3.05) is 17.6 Å². The molecule has 1 aliphatic rings. The number of nitrogen functional groups attached to an aromatic ring is 1. The number of rotatable bonds is 2. The zero-order chi connectivity index (χ0) is 10.8. The molecule has 1 aromatic rings. The molecular weight excluding hydrogens is 194 g/mol. The fourth-order valence-electron chi connectivity index (χ4n) is 1.67. The van der Waals surface area contributed by atoms with Gasteiger partial charge in [-0.05, 0) is 6.42 Å². The Morgan fingerprint density at radius 3 is 3.07 bits per heavy atom. The van der Waals surface area contributed by atoms with Crippen molar-refractivity contribution in [2.45, 2.75) is 18.9 Å². The molecule has 0 saturated carbocycles. The number of aromatic nitrogens is 2. The molecule has 1 aliphatic heterocycles. The van der Waals surface area contributed by atoms with Gasteiger partial charge >= 0.3 is 0 Å². The highest BCUT2D eigenvalue weighted by molar-refractivity contribution is 5.77. The maximum absolute atomic E-state index is 10.9. The third-order valence-electron chi connectivity index (χ3n) is 2.46. The molecule has 6 nitrogen and oxygen atoms in total. The molecule has 82 valence electrons. The molecule has 0 radical (unpaired) electrons. The van der Waals surface area contributed by atoms with Crippen LogP contribution in [-0.2, 0) is 11.8 Å². The predicted octanol–water partition coefficient (Wildman–Crippen LogP) is -0.307. The van der Waals surface area contributed by atoms with Gasteiger partial charge in [-0.15, -0.1) is 0 Å². The highest BCUT2D eigenvalue weighted by Crippen LogP contribution is 2.17. The second-order valence-electron chi connectivity index (χ2n) is 3.79. The van der Waals surface area contributed by atoms with E-state index in [1.54, 1.807) is 10.9 Å². The second kappa shape index (κ2) is 3.80. The molecule has 6 heteroatoms. The number of nitrogens with two attached hydrogens (primary N) is 1. The minimum Gasteiger partial charge on any atom is -0.394 e. The molecule has 0 spiro atoms. The van der Waals surface area contributed by atoms with Gasteiger partial charge < -0.3 is 16.4 Å². The molecule has 1 fully saturated rings. The van der Waals surface area contributed by atoms with Crippen LogP contribution in [0.1, 0.15) is 12.8 Å². The monoisotopic (exact) mass is 209 g/mol. The Bertz CT molecular complexity index is 363. The summed E-state index contributed by atoms with van der Waals surface area (Å²) in [6.45, 7) is 0.634. The molecule has 15 heavy (non-hydrogen) atoms. The SMILES string of the molecule is Cn1cc(N)c(NC2CCC(=O)NC2)n1. The summed E-state index contributed by atoms with van der Waals surface area (Å²) in [5.74, 6) is 0.806. The van der Waals surface area contributed by atoms with Crippen molar-refractivity contribution in [1.82, 2.24) is 15.1 Å². The summed E-state index contributed by atoms with van der Waals surface area (Å²) in [5.41, 5.74) is 6.39. The van der Waals surface area contributed by atoms with Gasteiger partial charge in [0.2, 0.25) is 5.91 Å². The third kappa shape index (κ3) is 2.20. The number of piperidine rings is 1. The fourth-order valence-corrected chi connectivity index (χ4v) is 1.67. The van der Waals surface area contributed by atoms with Crippen LogP contribution in [0.4, 0.5) is 11.5 Å². The Kier molecular flexibility index (Phi) is 2.49. The number of aryl methyl sites for hydroxylation is 1. The zero-order valence-electron chi connectivity index (χ0n) is 8.66. The van der Waals surface area contributed by atoms with Crippen molar-refractivity contribution in [2.24, 2.45) is 7.05 Å². The van der Waals surface area contributed by atoms with E-state index in [1.165, 1.54) is 0 Å². The van der Waals surface area contributed by atoms with Crippen molar-refractivity contribution in [3.05, 3.63) is 6.20 Å². The van der Waals surface area contributed by atoms with E-state index in [0.717, 1.165) is 6.42 Å². The van der Waals surface area contributed by atoms with Gasteiger partial charge in [0.05, 0.1) is 5.69 Å². The maximum Gasteiger partial charge on any atom is 0.220 e. The Hall–Kier alpha value is -1.72. The van der Waals surface area contributed by atoms with Crippen LogP contribution in [0.15, 0.2) is 6.20 Å². The minimum absolute atomic E-state index is 0.113. The van der Waals surface area contributed by atoms with Crippen LogP contribution in [0.2, 0.25) is 0 Å². The summed E-state index contributed by atoms with van der Waals surface area (Å²) in [5, 5.41) is 10.2. The molecule has 1 unspecified atom stereocenters. The number of carbonyl (C=O) groups excluding carboxylic acids is 1. The van der Waals surface area contributed by atoms with E-state index in [-0.39, 0.29) is 11.9 Å². The van der Waals surface area contributed by atoms with Crippen molar-refractivity contribution >= 4 is 17.4 Å². The van der Waals surface area contributed by atoms with Crippen molar-refractivity contribution < 1.29 is 4.79 Å². The fraction of sp³-hybridized carbons (Fsp3) is 0.556. The predicted molar refractivity (Wildman–Crippen MR) is 57.3 cm³/mol. The van der Waals surface area contributed by atoms with Gasteiger partial charge in [-0.25, -0.2) is 0 Å². The largest absolute Gasteiger partial charge is 0.394 e. The molecule has 1 atom stereocenters. The first-order chi connectivity index (χ1) is 7.15. The normalized spacial score (nSPS) is 21.1. The molecule has 2 heterocycles. The Morgan fingerprint density at radius 1 is 1.73 bits per heavy atom. The van der Waals surface area contributed by atoms with E-state index < -0.39 is 0 Å². The summed E-state index contributed by atoms with van der Waals surface area (Å²) >= 11 is 0. The minimum atomic E-state index is 0.113. The average molecular weight is 209 g/mol. The van der Waals surface area contributed by atoms with Crippen LogP contribution in [0, 0.1) is 0 Å². The number of hydrogen-bond donors (Lipinski definition) is 3. The van der Waals surface area contributed by atoms with E-state index in [0.29, 0.717) is 24.5 Å². The number of amides is 1. The molecule has 1 amide bonds. The van der Waals surface area contributed by atoms with Gasteiger partial charge in [0.15, 0.2) is 5.82 Å². The van der Waals surface area contributed by atoms with Crippen LogP contribution >= 0.6 is 0 Å². The summed E-state index contributed by atoms with van der Waals surface area (Å²) in [6.07, 6.45) is 3.13. The number of hydrogen-bond acceptors (Lipinski definition) is 4. The molecular formula is C9H15N5O. The highest BCUT2D eigenvalue weighted by Gasteiger charge is 2.19. The van der Waals surface area contributed by atoms with Gasteiger partial charge in [0.1, 0.15) is 0 Å². The smallest absolute Gasteiger partial charge is 0.220 e. The number of nitrogens with one attached hydrogen (secondary N) is 2. The van der Waals surface area contributed by atoms with Crippen molar-refractivity contribution in [3.63, 3.8) is 0 Å². The van der Waals surface area contributed by atoms with Crippen LogP contribution in [0.5, 0.6) is 0 Å². The lowest BCUT2D eigenvalue weighted by Crippen LogP contribution is -2.42. The third-order valence-corrected chi connectivity index (χ3v) is 2.46. The van der Waals surface area contributed by atoms with E-state index >= 15 is 0 Å². The molecule has 4 N–H and O–H groups in total. The first-order valence-electron chi connectivity index (χ1n) is 4.97. The quantitative estimate of drug-likeness (QED) is 0.624. The molecule has 0 bridgehead atoms. The van der Waals surface area contributed by atoms with E-state index in [9.17, 15) is 4.79 Å². The lowest BCUT2D eigenvalue weighted by molar-refractivity contribution is -0.122. The Balaban J connectivity index is 1.97. The van der Waals surface area contributed by atoms with E-state index in [4.69, 9.17) is 5.73 Å². The van der Waals surface area contributed by atoms with Crippen LogP contribution < -0.4 is 16.4 Å². The Morgan fingerprint density at radius 2 is 2.53 bits per heavy atom. The number of nitrogens with zero attached hydrogens (tertiary/aromatic N) is 2. The topological polar surface area (TPSA) is 85.0 Å². The maximum atomic E-state index is 10.9. The zero-order valence-corrected chi connectivity index (χ0v) is 8.66. The second-order valence-corrected chi connectivity index (χ2v) is 3.79. The number of carbonyl (C=O) groups is 1. The first-order valence-corrected chi connectivity index (χ1v) is 4.97. The van der Waals surface area contributed by atoms with Gasteiger partial charge in [-0.3, -0.25) is 9.48 Å². The Labute approximate surface area is 87.8 Å². The molecule has 0 aromatic carbocycles. The molecule has 1 aromatic heterocycles.